The fourth-order valence-corrected chi connectivity index (χ4v) is 2.75. The number of rotatable bonds is 3. The van der Waals surface area contributed by atoms with Crippen molar-refractivity contribution in [3.05, 3.63) is 21.9 Å². The number of nitrogens with one attached hydrogen (secondary N) is 2. The van der Waals surface area contributed by atoms with Gasteiger partial charge in [0.15, 0.2) is 0 Å². The molecule has 2 heterocycles. The van der Waals surface area contributed by atoms with Gasteiger partial charge in [-0.25, -0.2) is 0 Å². The van der Waals surface area contributed by atoms with Gasteiger partial charge in [0.2, 0.25) is 0 Å². The Balaban J connectivity index is 1.79. The van der Waals surface area contributed by atoms with Crippen LogP contribution in [0, 0.1) is 12.8 Å². The van der Waals surface area contributed by atoms with E-state index in [2.05, 4.69) is 10.6 Å². The Hall–Kier alpha value is -0.870. The zero-order chi connectivity index (χ0) is 11.4. The second-order valence-electron chi connectivity index (χ2n) is 4.31. The third-order valence-corrected chi connectivity index (χ3v) is 3.97. The van der Waals surface area contributed by atoms with Gasteiger partial charge in [-0.1, -0.05) is 0 Å². The minimum atomic E-state index is 0.0802. The van der Waals surface area contributed by atoms with E-state index in [4.69, 9.17) is 0 Å². The first kappa shape index (κ1) is 11.6. The van der Waals surface area contributed by atoms with Crippen LogP contribution in [0.25, 0.3) is 0 Å². The van der Waals surface area contributed by atoms with Gasteiger partial charge < -0.3 is 10.6 Å². The maximum Gasteiger partial charge on any atom is 0.261 e. The lowest BCUT2D eigenvalue weighted by molar-refractivity contribution is 0.0948. The quantitative estimate of drug-likeness (QED) is 0.843. The van der Waals surface area contributed by atoms with Gasteiger partial charge >= 0.3 is 0 Å². The number of amides is 1. The fourth-order valence-electron chi connectivity index (χ4n) is 1.97. The minimum Gasteiger partial charge on any atom is -0.351 e. The summed E-state index contributed by atoms with van der Waals surface area (Å²) < 4.78 is 0. The molecule has 0 saturated carbocycles. The zero-order valence-corrected chi connectivity index (χ0v) is 10.4. The van der Waals surface area contributed by atoms with E-state index in [9.17, 15) is 4.79 Å². The van der Waals surface area contributed by atoms with Crippen LogP contribution in [0.5, 0.6) is 0 Å². The van der Waals surface area contributed by atoms with Crippen LogP contribution in [0.4, 0.5) is 0 Å². The van der Waals surface area contributed by atoms with Gasteiger partial charge in [0.1, 0.15) is 0 Å². The Labute approximate surface area is 100 Å². The smallest absolute Gasteiger partial charge is 0.261 e. The molecule has 0 aromatic carbocycles. The standard InChI is InChI=1S/C12H18N2OS/c1-9-2-3-11(16-9)12(15)14-8-10-4-6-13-7-5-10/h2-3,10,13H,4-8H2,1H3,(H,14,15). The molecule has 3 nitrogen and oxygen atoms in total. The van der Waals surface area contributed by atoms with E-state index in [0.29, 0.717) is 5.92 Å². The van der Waals surface area contributed by atoms with E-state index < -0.39 is 0 Å². The zero-order valence-electron chi connectivity index (χ0n) is 9.58. The number of aryl methyl sites for hydroxylation is 1. The van der Waals surface area contributed by atoms with Crippen LogP contribution in [0.2, 0.25) is 0 Å². The molecule has 2 rings (SSSR count). The maximum atomic E-state index is 11.8. The number of thiophene rings is 1. The summed E-state index contributed by atoms with van der Waals surface area (Å²) in [5.41, 5.74) is 0. The molecule has 1 aromatic heterocycles. The lowest BCUT2D eigenvalue weighted by Crippen LogP contribution is -2.35. The molecule has 88 valence electrons. The Morgan fingerprint density at radius 3 is 2.88 bits per heavy atom. The lowest BCUT2D eigenvalue weighted by atomic mass is 9.98. The van der Waals surface area contributed by atoms with E-state index >= 15 is 0 Å². The molecule has 0 radical (unpaired) electrons. The molecule has 16 heavy (non-hydrogen) atoms. The van der Waals surface area contributed by atoms with Crippen molar-refractivity contribution < 1.29 is 4.79 Å². The van der Waals surface area contributed by atoms with Gasteiger partial charge in [-0.15, -0.1) is 11.3 Å². The number of piperidine rings is 1. The summed E-state index contributed by atoms with van der Waals surface area (Å²) >= 11 is 1.56. The van der Waals surface area contributed by atoms with Crippen LogP contribution < -0.4 is 10.6 Å². The molecular formula is C12H18N2OS. The molecule has 4 heteroatoms. The predicted molar refractivity (Wildman–Crippen MR) is 67.0 cm³/mol. The molecule has 2 N–H and O–H groups in total. The molecule has 1 saturated heterocycles. The van der Waals surface area contributed by atoms with Gasteiger partial charge in [-0.3, -0.25) is 4.79 Å². The van der Waals surface area contributed by atoms with Crippen molar-refractivity contribution in [1.29, 1.82) is 0 Å². The molecule has 1 fully saturated rings. The Morgan fingerprint density at radius 2 is 2.25 bits per heavy atom. The molecule has 1 amide bonds. The summed E-state index contributed by atoms with van der Waals surface area (Å²) in [5.74, 6) is 0.725. The predicted octanol–water partition coefficient (Wildman–Crippen LogP) is 1.79. The fraction of sp³-hybridized carbons (Fsp3) is 0.583. The van der Waals surface area contributed by atoms with Crippen molar-refractivity contribution in [3.63, 3.8) is 0 Å². The summed E-state index contributed by atoms with van der Waals surface area (Å²) in [7, 11) is 0. The number of carbonyl (C=O) groups is 1. The van der Waals surface area contributed by atoms with Gasteiger partial charge in [-0.05, 0) is 50.9 Å². The Kier molecular flexibility index (Phi) is 3.96. The lowest BCUT2D eigenvalue weighted by Gasteiger charge is -2.22. The first-order valence-electron chi connectivity index (χ1n) is 5.81. The van der Waals surface area contributed by atoms with Crippen LogP contribution in [0.1, 0.15) is 27.4 Å². The van der Waals surface area contributed by atoms with E-state index in [0.717, 1.165) is 24.5 Å². The molecule has 0 unspecified atom stereocenters. The third-order valence-electron chi connectivity index (χ3n) is 2.97. The normalized spacial score (nSPS) is 17.3. The van der Waals surface area contributed by atoms with E-state index in [-0.39, 0.29) is 5.91 Å². The highest BCUT2D eigenvalue weighted by atomic mass is 32.1. The van der Waals surface area contributed by atoms with Gasteiger partial charge in [0, 0.05) is 11.4 Å². The summed E-state index contributed by atoms with van der Waals surface area (Å²) in [5, 5.41) is 6.35. The van der Waals surface area contributed by atoms with Crippen LogP contribution >= 0.6 is 11.3 Å². The van der Waals surface area contributed by atoms with Crippen LogP contribution in [-0.2, 0) is 0 Å². The minimum absolute atomic E-state index is 0.0802. The molecule has 0 aliphatic carbocycles. The van der Waals surface area contributed by atoms with Crippen molar-refractivity contribution in [1.82, 2.24) is 10.6 Å². The molecule has 1 aliphatic heterocycles. The number of carbonyl (C=O) groups excluding carboxylic acids is 1. The monoisotopic (exact) mass is 238 g/mol. The highest BCUT2D eigenvalue weighted by Crippen LogP contribution is 2.15. The maximum absolute atomic E-state index is 11.8. The second kappa shape index (κ2) is 5.46. The molecule has 0 bridgehead atoms. The first-order chi connectivity index (χ1) is 7.75. The average molecular weight is 238 g/mol. The Morgan fingerprint density at radius 1 is 1.50 bits per heavy atom. The van der Waals surface area contributed by atoms with E-state index in [1.54, 1.807) is 11.3 Å². The van der Waals surface area contributed by atoms with Crippen molar-refractivity contribution >= 4 is 17.2 Å². The van der Waals surface area contributed by atoms with Crippen molar-refractivity contribution in [2.24, 2.45) is 5.92 Å². The summed E-state index contributed by atoms with van der Waals surface area (Å²) in [6.07, 6.45) is 2.34. The van der Waals surface area contributed by atoms with Gasteiger partial charge in [0.25, 0.3) is 5.91 Å². The molecule has 1 aliphatic rings. The second-order valence-corrected chi connectivity index (χ2v) is 5.60. The van der Waals surface area contributed by atoms with E-state index in [1.165, 1.54) is 17.7 Å². The summed E-state index contributed by atoms with van der Waals surface area (Å²) in [4.78, 5) is 13.8. The third kappa shape index (κ3) is 3.06. The van der Waals surface area contributed by atoms with Crippen molar-refractivity contribution in [2.45, 2.75) is 19.8 Å². The Bertz CT molecular complexity index is 356. The van der Waals surface area contributed by atoms with Gasteiger partial charge in [0.05, 0.1) is 4.88 Å². The van der Waals surface area contributed by atoms with E-state index in [1.807, 2.05) is 19.1 Å². The van der Waals surface area contributed by atoms with Gasteiger partial charge in [-0.2, -0.15) is 0 Å². The summed E-state index contributed by atoms with van der Waals surface area (Å²) in [6, 6.07) is 3.89. The average Bonchev–Trinajstić information content (AvgIpc) is 2.74. The molecule has 1 aromatic rings. The highest BCUT2D eigenvalue weighted by Gasteiger charge is 2.14. The SMILES string of the molecule is Cc1ccc(C(=O)NCC2CCNCC2)s1. The number of hydrogen-bond donors (Lipinski definition) is 2. The molecular weight excluding hydrogens is 220 g/mol. The largest absolute Gasteiger partial charge is 0.351 e. The van der Waals surface area contributed by atoms with Crippen LogP contribution in [-0.4, -0.2) is 25.5 Å². The number of hydrogen-bond acceptors (Lipinski definition) is 3. The topological polar surface area (TPSA) is 41.1 Å². The highest BCUT2D eigenvalue weighted by molar-refractivity contribution is 7.13. The molecule has 0 atom stereocenters. The van der Waals surface area contributed by atoms with Crippen LogP contribution in [0.3, 0.4) is 0 Å². The summed E-state index contributed by atoms with van der Waals surface area (Å²) in [6.45, 7) is 5.00. The van der Waals surface area contributed by atoms with Crippen LogP contribution in [0.15, 0.2) is 12.1 Å². The first-order valence-corrected chi connectivity index (χ1v) is 6.62. The van der Waals surface area contributed by atoms with Crippen molar-refractivity contribution in [2.75, 3.05) is 19.6 Å². The van der Waals surface area contributed by atoms with Crippen molar-refractivity contribution in [3.8, 4) is 0 Å². The molecule has 0 spiro atoms.